The first-order valence-corrected chi connectivity index (χ1v) is 3.26. The van der Waals surface area contributed by atoms with Crippen LogP contribution in [0.2, 0.25) is 0 Å². The maximum absolute atomic E-state index is 8.10. The van der Waals surface area contributed by atoms with Crippen molar-refractivity contribution in [3.63, 3.8) is 0 Å². The molecule has 1 atom stereocenters. The lowest BCUT2D eigenvalue weighted by atomic mass is 10.2. The molecule has 0 spiro atoms. The number of nitrogens with zero attached hydrogens (tertiary/aromatic N) is 1. The fourth-order valence-electron chi connectivity index (χ4n) is 0.425. The van der Waals surface area contributed by atoms with Gasteiger partial charge in [-0.15, -0.1) is 11.6 Å². The van der Waals surface area contributed by atoms with Crippen LogP contribution in [-0.2, 0) is 0 Å². The Balaban J connectivity index is 3.01. The quantitative estimate of drug-likeness (QED) is 0.540. The number of hydrogen-bond acceptors (Lipinski definition) is 1. The van der Waals surface area contributed by atoms with E-state index in [-0.39, 0.29) is 5.38 Å². The first-order chi connectivity index (χ1) is 3.81. The fraction of sp³-hybridized carbons (Fsp3) is 0.833. The van der Waals surface area contributed by atoms with Crippen molar-refractivity contribution in [3.8, 4) is 6.07 Å². The van der Waals surface area contributed by atoms with Gasteiger partial charge in [0.1, 0.15) is 0 Å². The minimum Gasteiger partial charge on any atom is -0.198 e. The van der Waals surface area contributed by atoms with Crippen molar-refractivity contribution < 1.29 is 0 Å². The van der Waals surface area contributed by atoms with Gasteiger partial charge in [0.05, 0.1) is 6.07 Å². The van der Waals surface area contributed by atoms with Crippen molar-refractivity contribution >= 4 is 11.6 Å². The normalized spacial score (nSPS) is 12.6. The van der Waals surface area contributed by atoms with Gasteiger partial charge < -0.3 is 0 Å². The molecule has 0 aromatic rings. The van der Waals surface area contributed by atoms with Crippen LogP contribution in [0.3, 0.4) is 0 Å². The second kappa shape index (κ2) is 4.93. The highest BCUT2D eigenvalue weighted by Gasteiger charge is 1.97. The molecule has 0 aliphatic heterocycles. The van der Waals surface area contributed by atoms with Gasteiger partial charge in [0, 0.05) is 11.8 Å². The van der Waals surface area contributed by atoms with E-state index in [0.29, 0.717) is 6.42 Å². The molecule has 0 aliphatic carbocycles. The molecular weight excluding hydrogens is 122 g/mol. The van der Waals surface area contributed by atoms with E-state index in [9.17, 15) is 0 Å². The predicted octanol–water partition coefficient (Wildman–Crippen LogP) is 2.31. The number of rotatable bonds is 3. The van der Waals surface area contributed by atoms with Gasteiger partial charge in [-0.3, -0.25) is 0 Å². The van der Waals surface area contributed by atoms with Gasteiger partial charge in [-0.25, -0.2) is 0 Å². The van der Waals surface area contributed by atoms with Gasteiger partial charge in [0.2, 0.25) is 0 Å². The molecule has 1 unspecified atom stereocenters. The van der Waals surface area contributed by atoms with Crippen molar-refractivity contribution in [2.75, 3.05) is 0 Å². The molecule has 0 aromatic carbocycles. The van der Waals surface area contributed by atoms with Crippen molar-refractivity contribution in [2.45, 2.75) is 31.6 Å². The SMILES string of the molecule is CCC(Cl)CCC#N. The maximum atomic E-state index is 8.10. The lowest BCUT2D eigenvalue weighted by molar-refractivity contribution is 0.743. The molecular formula is C6H10ClN. The Kier molecular flexibility index (Phi) is 4.79. The number of halogens is 1. The van der Waals surface area contributed by atoms with Crippen LogP contribution in [0.25, 0.3) is 0 Å². The van der Waals surface area contributed by atoms with Crippen LogP contribution in [0.15, 0.2) is 0 Å². The molecule has 46 valence electrons. The van der Waals surface area contributed by atoms with E-state index in [4.69, 9.17) is 16.9 Å². The van der Waals surface area contributed by atoms with Crippen LogP contribution in [0.4, 0.5) is 0 Å². The Morgan fingerprint density at radius 1 is 1.75 bits per heavy atom. The molecule has 0 rings (SSSR count). The van der Waals surface area contributed by atoms with Crippen molar-refractivity contribution in [3.05, 3.63) is 0 Å². The Morgan fingerprint density at radius 3 is 2.75 bits per heavy atom. The van der Waals surface area contributed by atoms with E-state index < -0.39 is 0 Å². The molecule has 0 bridgehead atoms. The molecule has 2 heteroatoms. The van der Waals surface area contributed by atoms with E-state index in [2.05, 4.69) is 0 Å². The molecule has 0 saturated carbocycles. The van der Waals surface area contributed by atoms with E-state index in [1.807, 2.05) is 13.0 Å². The second-order valence-corrected chi connectivity index (χ2v) is 2.32. The molecule has 0 fully saturated rings. The minimum atomic E-state index is 0.203. The van der Waals surface area contributed by atoms with Crippen LogP contribution < -0.4 is 0 Å². The predicted molar refractivity (Wildman–Crippen MR) is 34.8 cm³/mol. The second-order valence-electron chi connectivity index (χ2n) is 1.70. The molecule has 8 heavy (non-hydrogen) atoms. The monoisotopic (exact) mass is 131 g/mol. The summed E-state index contributed by atoms with van der Waals surface area (Å²) in [7, 11) is 0. The van der Waals surface area contributed by atoms with E-state index in [0.717, 1.165) is 12.8 Å². The topological polar surface area (TPSA) is 23.8 Å². The largest absolute Gasteiger partial charge is 0.198 e. The van der Waals surface area contributed by atoms with E-state index >= 15 is 0 Å². The zero-order valence-corrected chi connectivity index (χ0v) is 5.78. The van der Waals surface area contributed by atoms with Gasteiger partial charge in [-0.05, 0) is 12.8 Å². The first-order valence-electron chi connectivity index (χ1n) is 2.82. The summed E-state index contributed by atoms with van der Waals surface area (Å²) in [5.74, 6) is 0. The average Bonchev–Trinajstić information content (AvgIpc) is 1.83. The lowest BCUT2D eigenvalue weighted by Crippen LogP contribution is -1.93. The van der Waals surface area contributed by atoms with Gasteiger partial charge in [0.25, 0.3) is 0 Å². The third-order valence-electron chi connectivity index (χ3n) is 1.01. The molecule has 1 nitrogen and oxygen atoms in total. The molecule has 0 heterocycles. The van der Waals surface area contributed by atoms with Crippen LogP contribution in [0.5, 0.6) is 0 Å². The summed E-state index contributed by atoms with van der Waals surface area (Å²) < 4.78 is 0. The van der Waals surface area contributed by atoms with Crippen LogP contribution >= 0.6 is 11.6 Å². The van der Waals surface area contributed by atoms with Gasteiger partial charge in [-0.1, -0.05) is 6.92 Å². The maximum Gasteiger partial charge on any atom is 0.0622 e. The Bertz CT molecular complexity index is 85.0. The average molecular weight is 132 g/mol. The Labute approximate surface area is 55.3 Å². The summed E-state index contributed by atoms with van der Waals surface area (Å²) in [5.41, 5.74) is 0. The number of alkyl halides is 1. The number of hydrogen-bond donors (Lipinski definition) is 0. The minimum absolute atomic E-state index is 0.203. The zero-order chi connectivity index (χ0) is 6.41. The van der Waals surface area contributed by atoms with Crippen LogP contribution in [0.1, 0.15) is 26.2 Å². The van der Waals surface area contributed by atoms with Gasteiger partial charge in [0.15, 0.2) is 0 Å². The molecule has 0 radical (unpaired) electrons. The van der Waals surface area contributed by atoms with Crippen LogP contribution in [-0.4, -0.2) is 5.38 Å². The van der Waals surface area contributed by atoms with E-state index in [1.165, 1.54) is 0 Å². The summed E-state index contributed by atoms with van der Waals surface area (Å²) in [5, 5.41) is 8.31. The third kappa shape index (κ3) is 3.95. The highest BCUT2D eigenvalue weighted by molar-refractivity contribution is 6.20. The fourth-order valence-corrected chi connectivity index (χ4v) is 0.534. The summed E-state index contributed by atoms with van der Waals surface area (Å²) in [6.45, 7) is 2.02. The molecule has 0 amide bonds. The summed E-state index contributed by atoms with van der Waals surface area (Å²) in [6, 6.07) is 2.05. The lowest BCUT2D eigenvalue weighted by Gasteiger charge is -1.98. The summed E-state index contributed by atoms with van der Waals surface area (Å²) >= 11 is 5.69. The Morgan fingerprint density at radius 2 is 2.38 bits per heavy atom. The van der Waals surface area contributed by atoms with Crippen molar-refractivity contribution in [1.29, 1.82) is 5.26 Å². The molecule has 0 N–H and O–H groups in total. The summed E-state index contributed by atoms with van der Waals surface area (Å²) in [4.78, 5) is 0. The zero-order valence-electron chi connectivity index (χ0n) is 5.02. The molecule has 0 aromatic heterocycles. The smallest absolute Gasteiger partial charge is 0.0622 e. The highest BCUT2D eigenvalue weighted by atomic mass is 35.5. The summed E-state index contributed by atoms with van der Waals surface area (Å²) in [6.07, 6.45) is 2.37. The van der Waals surface area contributed by atoms with Crippen LogP contribution in [0, 0.1) is 11.3 Å². The van der Waals surface area contributed by atoms with Crippen molar-refractivity contribution in [2.24, 2.45) is 0 Å². The van der Waals surface area contributed by atoms with Gasteiger partial charge >= 0.3 is 0 Å². The highest BCUT2D eigenvalue weighted by Crippen LogP contribution is 2.07. The standard InChI is InChI=1S/C6H10ClN/c1-2-6(7)4-3-5-8/h6H,2-4H2,1H3. The Hall–Kier alpha value is -0.220. The van der Waals surface area contributed by atoms with E-state index in [1.54, 1.807) is 0 Å². The van der Waals surface area contributed by atoms with Crippen molar-refractivity contribution in [1.82, 2.24) is 0 Å². The molecule has 0 saturated heterocycles. The number of nitriles is 1. The molecule has 0 aliphatic rings. The first kappa shape index (κ1) is 7.78. The van der Waals surface area contributed by atoms with Gasteiger partial charge in [-0.2, -0.15) is 5.26 Å². The third-order valence-corrected chi connectivity index (χ3v) is 1.54.